The average Bonchev–Trinajstić information content (AvgIpc) is 2.76. The predicted molar refractivity (Wildman–Crippen MR) is 66.3 cm³/mol. The highest BCUT2D eigenvalue weighted by atomic mass is 16.5. The monoisotopic (exact) mass is 226 g/mol. The molecule has 2 aliphatic rings. The molecule has 3 atom stereocenters. The molecule has 0 bridgehead atoms. The Morgan fingerprint density at radius 1 is 1.50 bits per heavy atom. The second-order valence-corrected chi connectivity index (χ2v) is 6.30. The van der Waals surface area contributed by atoms with Crippen LogP contribution in [0.1, 0.15) is 27.2 Å². The van der Waals surface area contributed by atoms with E-state index in [1.54, 1.807) is 0 Å². The number of likely N-dealkylation sites (tertiary alicyclic amines) is 1. The summed E-state index contributed by atoms with van der Waals surface area (Å²) in [7, 11) is 0. The maximum Gasteiger partial charge on any atom is 0.0624 e. The third-order valence-corrected chi connectivity index (χ3v) is 4.46. The van der Waals surface area contributed by atoms with Crippen molar-refractivity contribution in [2.45, 2.75) is 33.2 Å². The summed E-state index contributed by atoms with van der Waals surface area (Å²) in [5, 5.41) is 0. The molecule has 0 aromatic carbocycles. The summed E-state index contributed by atoms with van der Waals surface area (Å²) in [4.78, 5) is 2.58. The summed E-state index contributed by atoms with van der Waals surface area (Å²) in [6.45, 7) is 12.1. The first-order chi connectivity index (χ1) is 7.51. The van der Waals surface area contributed by atoms with Gasteiger partial charge in [-0.25, -0.2) is 0 Å². The molecule has 2 rings (SSSR count). The van der Waals surface area contributed by atoms with Crippen LogP contribution in [0.3, 0.4) is 0 Å². The normalized spacial score (nSPS) is 41.1. The molecule has 3 heteroatoms. The highest BCUT2D eigenvalue weighted by molar-refractivity contribution is 4.94. The largest absolute Gasteiger partial charge is 0.379 e. The van der Waals surface area contributed by atoms with E-state index >= 15 is 0 Å². The van der Waals surface area contributed by atoms with Crippen molar-refractivity contribution in [3.63, 3.8) is 0 Å². The van der Waals surface area contributed by atoms with Crippen molar-refractivity contribution in [1.82, 2.24) is 4.90 Å². The maximum absolute atomic E-state index is 6.13. The Balaban J connectivity index is 1.87. The lowest BCUT2D eigenvalue weighted by atomic mass is 9.85. The van der Waals surface area contributed by atoms with E-state index in [-0.39, 0.29) is 11.5 Å². The van der Waals surface area contributed by atoms with Crippen LogP contribution in [-0.2, 0) is 4.74 Å². The molecule has 2 fully saturated rings. The molecule has 2 aliphatic heterocycles. The Hall–Kier alpha value is -0.120. The Morgan fingerprint density at radius 3 is 2.75 bits per heavy atom. The molecule has 2 saturated heterocycles. The van der Waals surface area contributed by atoms with Gasteiger partial charge in [-0.1, -0.05) is 20.8 Å². The molecule has 2 heterocycles. The standard InChI is InChI=1S/C13H26N2O/c1-10(2)11-4-5-15(6-11)8-13(3)9-16-7-12(13)14/h10-12H,4-9,14H2,1-3H3. The van der Waals surface area contributed by atoms with E-state index in [0.29, 0.717) is 0 Å². The van der Waals surface area contributed by atoms with Gasteiger partial charge in [-0.05, 0) is 24.8 Å². The summed E-state index contributed by atoms with van der Waals surface area (Å²) in [6, 6.07) is 0.214. The maximum atomic E-state index is 6.13. The molecule has 0 aromatic rings. The lowest BCUT2D eigenvalue weighted by molar-refractivity contribution is 0.127. The molecular formula is C13H26N2O. The van der Waals surface area contributed by atoms with Gasteiger partial charge in [0, 0.05) is 24.5 Å². The van der Waals surface area contributed by atoms with Gasteiger partial charge >= 0.3 is 0 Å². The van der Waals surface area contributed by atoms with Crippen LogP contribution in [-0.4, -0.2) is 43.8 Å². The third-order valence-electron chi connectivity index (χ3n) is 4.46. The molecule has 3 nitrogen and oxygen atoms in total. The predicted octanol–water partition coefficient (Wildman–Crippen LogP) is 1.33. The molecule has 0 spiro atoms. The van der Waals surface area contributed by atoms with Gasteiger partial charge in [0.1, 0.15) is 0 Å². The Bertz CT molecular complexity index is 244. The topological polar surface area (TPSA) is 38.5 Å². The lowest BCUT2D eigenvalue weighted by Crippen LogP contribution is -2.46. The number of hydrogen-bond donors (Lipinski definition) is 1. The quantitative estimate of drug-likeness (QED) is 0.789. The van der Waals surface area contributed by atoms with Crippen LogP contribution >= 0.6 is 0 Å². The van der Waals surface area contributed by atoms with Crippen molar-refractivity contribution in [3.05, 3.63) is 0 Å². The molecule has 0 amide bonds. The van der Waals surface area contributed by atoms with Crippen LogP contribution in [0.5, 0.6) is 0 Å². The minimum absolute atomic E-state index is 0.172. The molecule has 94 valence electrons. The van der Waals surface area contributed by atoms with Gasteiger partial charge in [0.05, 0.1) is 13.2 Å². The average molecular weight is 226 g/mol. The van der Waals surface area contributed by atoms with Gasteiger partial charge in [0.15, 0.2) is 0 Å². The highest BCUT2D eigenvalue weighted by Crippen LogP contribution is 2.31. The fourth-order valence-corrected chi connectivity index (χ4v) is 2.95. The third kappa shape index (κ3) is 2.41. The molecule has 0 aliphatic carbocycles. The number of nitrogens with zero attached hydrogens (tertiary/aromatic N) is 1. The van der Waals surface area contributed by atoms with Crippen LogP contribution in [0.25, 0.3) is 0 Å². The molecular weight excluding hydrogens is 200 g/mol. The smallest absolute Gasteiger partial charge is 0.0624 e. The number of ether oxygens (including phenoxy) is 1. The SMILES string of the molecule is CC(C)C1CCN(CC2(C)COCC2N)C1. The first-order valence-corrected chi connectivity index (χ1v) is 6.57. The van der Waals surface area contributed by atoms with Crippen molar-refractivity contribution in [1.29, 1.82) is 0 Å². The summed E-state index contributed by atoms with van der Waals surface area (Å²) >= 11 is 0. The van der Waals surface area contributed by atoms with Crippen LogP contribution in [0, 0.1) is 17.3 Å². The zero-order chi connectivity index (χ0) is 11.8. The Labute approximate surface area is 99.3 Å². The van der Waals surface area contributed by atoms with Gasteiger partial charge in [-0.2, -0.15) is 0 Å². The van der Waals surface area contributed by atoms with E-state index in [1.807, 2.05) is 0 Å². The summed E-state index contributed by atoms with van der Waals surface area (Å²) in [5.74, 6) is 1.69. The fourth-order valence-electron chi connectivity index (χ4n) is 2.95. The van der Waals surface area contributed by atoms with Crippen LogP contribution in [0.2, 0.25) is 0 Å². The van der Waals surface area contributed by atoms with E-state index in [0.717, 1.165) is 31.6 Å². The zero-order valence-electron chi connectivity index (χ0n) is 10.9. The van der Waals surface area contributed by atoms with Gasteiger partial charge in [0.2, 0.25) is 0 Å². The minimum Gasteiger partial charge on any atom is -0.379 e. The van der Waals surface area contributed by atoms with Crippen molar-refractivity contribution in [2.75, 3.05) is 32.8 Å². The van der Waals surface area contributed by atoms with E-state index in [4.69, 9.17) is 10.5 Å². The van der Waals surface area contributed by atoms with Crippen LogP contribution in [0.4, 0.5) is 0 Å². The minimum atomic E-state index is 0.172. The molecule has 0 radical (unpaired) electrons. The molecule has 16 heavy (non-hydrogen) atoms. The zero-order valence-corrected chi connectivity index (χ0v) is 10.9. The number of hydrogen-bond acceptors (Lipinski definition) is 3. The van der Waals surface area contributed by atoms with Crippen molar-refractivity contribution in [3.8, 4) is 0 Å². The first-order valence-electron chi connectivity index (χ1n) is 6.57. The fraction of sp³-hybridized carbons (Fsp3) is 1.00. The Morgan fingerprint density at radius 2 is 2.25 bits per heavy atom. The first kappa shape index (κ1) is 12.3. The molecule has 3 unspecified atom stereocenters. The number of nitrogens with two attached hydrogens (primary N) is 1. The highest BCUT2D eigenvalue weighted by Gasteiger charge is 2.40. The van der Waals surface area contributed by atoms with Gasteiger partial charge in [-0.15, -0.1) is 0 Å². The van der Waals surface area contributed by atoms with Crippen molar-refractivity contribution >= 4 is 0 Å². The van der Waals surface area contributed by atoms with Gasteiger partial charge < -0.3 is 15.4 Å². The summed E-state index contributed by atoms with van der Waals surface area (Å²) in [6.07, 6.45) is 1.35. The second kappa shape index (κ2) is 4.63. The van der Waals surface area contributed by atoms with Crippen LogP contribution in [0.15, 0.2) is 0 Å². The molecule has 2 N–H and O–H groups in total. The lowest BCUT2D eigenvalue weighted by Gasteiger charge is -2.32. The van der Waals surface area contributed by atoms with Gasteiger partial charge in [0.25, 0.3) is 0 Å². The second-order valence-electron chi connectivity index (χ2n) is 6.30. The van der Waals surface area contributed by atoms with E-state index < -0.39 is 0 Å². The summed E-state index contributed by atoms with van der Waals surface area (Å²) in [5.41, 5.74) is 6.31. The Kier molecular flexibility index (Phi) is 3.57. The van der Waals surface area contributed by atoms with Crippen molar-refractivity contribution in [2.24, 2.45) is 23.0 Å². The number of rotatable bonds is 3. The van der Waals surface area contributed by atoms with Crippen molar-refractivity contribution < 1.29 is 4.74 Å². The molecule has 0 aromatic heterocycles. The van der Waals surface area contributed by atoms with Crippen LogP contribution < -0.4 is 5.73 Å². The molecule has 0 saturated carbocycles. The van der Waals surface area contributed by atoms with E-state index in [2.05, 4.69) is 25.7 Å². The van der Waals surface area contributed by atoms with Gasteiger partial charge in [-0.3, -0.25) is 0 Å². The van der Waals surface area contributed by atoms with E-state index in [9.17, 15) is 0 Å². The van der Waals surface area contributed by atoms with E-state index in [1.165, 1.54) is 19.5 Å². The summed E-state index contributed by atoms with van der Waals surface area (Å²) < 4.78 is 5.51.